The Morgan fingerprint density at radius 2 is 1.11 bits per heavy atom. The first-order valence-corrected chi connectivity index (χ1v) is 9.78. The number of benzene rings is 3. The van der Waals surface area contributed by atoms with E-state index in [1.54, 1.807) is 5.57 Å². The third-order valence-electron chi connectivity index (χ3n) is 5.76. The van der Waals surface area contributed by atoms with Crippen molar-refractivity contribution in [3.8, 4) is 0 Å². The highest BCUT2D eigenvalue weighted by atomic mass is 14.3. The smallest absolute Gasteiger partial charge is 0.00979 e. The molecular weight excluding hydrogens is 324 g/mol. The fourth-order valence-corrected chi connectivity index (χ4v) is 4.18. The molecule has 27 heavy (non-hydrogen) atoms. The van der Waals surface area contributed by atoms with Gasteiger partial charge in [-0.25, -0.2) is 0 Å². The van der Waals surface area contributed by atoms with Crippen molar-refractivity contribution in [2.24, 2.45) is 0 Å². The summed E-state index contributed by atoms with van der Waals surface area (Å²) >= 11 is 0. The summed E-state index contributed by atoms with van der Waals surface area (Å²) in [5.74, 6) is 0.435. The molecule has 134 valence electrons. The van der Waals surface area contributed by atoms with Gasteiger partial charge in [0.25, 0.3) is 0 Å². The summed E-state index contributed by atoms with van der Waals surface area (Å²) in [5, 5.41) is 0. The number of allylic oxidation sites excluding steroid dienone is 3. The quantitative estimate of drug-likeness (QED) is 0.432. The molecular formula is C27H26. The van der Waals surface area contributed by atoms with E-state index < -0.39 is 0 Å². The van der Waals surface area contributed by atoms with Crippen LogP contribution in [0.15, 0.2) is 108 Å². The number of rotatable bonds is 3. The molecule has 0 heteroatoms. The molecule has 0 radical (unpaired) electrons. The van der Waals surface area contributed by atoms with E-state index in [1.165, 1.54) is 33.4 Å². The summed E-state index contributed by atoms with van der Waals surface area (Å²) in [5.41, 5.74) is 10.0. The minimum atomic E-state index is 0.435. The number of hydrogen-bond donors (Lipinski definition) is 0. The molecule has 4 rings (SSSR count). The van der Waals surface area contributed by atoms with E-state index in [0.717, 1.165) is 12.8 Å². The first-order valence-electron chi connectivity index (χ1n) is 9.78. The van der Waals surface area contributed by atoms with Crippen molar-refractivity contribution in [3.63, 3.8) is 0 Å². The lowest BCUT2D eigenvalue weighted by Gasteiger charge is -2.31. The molecule has 1 unspecified atom stereocenters. The van der Waals surface area contributed by atoms with Gasteiger partial charge in [-0.15, -0.1) is 0 Å². The maximum absolute atomic E-state index is 2.30. The van der Waals surface area contributed by atoms with E-state index in [4.69, 9.17) is 0 Å². The molecule has 0 amide bonds. The van der Waals surface area contributed by atoms with Crippen molar-refractivity contribution in [3.05, 3.63) is 124 Å². The van der Waals surface area contributed by atoms with Gasteiger partial charge in [0.05, 0.1) is 0 Å². The molecule has 0 saturated heterocycles. The molecule has 3 aromatic carbocycles. The summed E-state index contributed by atoms with van der Waals surface area (Å²) < 4.78 is 0. The van der Waals surface area contributed by atoms with Crippen molar-refractivity contribution in [2.45, 2.75) is 32.6 Å². The van der Waals surface area contributed by atoms with Gasteiger partial charge in [0, 0.05) is 5.92 Å². The van der Waals surface area contributed by atoms with E-state index in [-0.39, 0.29) is 0 Å². The molecule has 0 aromatic heterocycles. The Hall–Kier alpha value is -2.86. The van der Waals surface area contributed by atoms with Gasteiger partial charge in [0.1, 0.15) is 0 Å². The summed E-state index contributed by atoms with van der Waals surface area (Å²) in [6, 6.07) is 32.8. The molecule has 0 heterocycles. The van der Waals surface area contributed by atoms with Crippen LogP contribution in [0.1, 0.15) is 49.3 Å². The van der Waals surface area contributed by atoms with Crippen molar-refractivity contribution in [1.29, 1.82) is 0 Å². The molecule has 0 fully saturated rings. The Balaban J connectivity index is 1.97. The molecule has 0 nitrogen and oxygen atoms in total. The Labute approximate surface area is 162 Å². The highest BCUT2D eigenvalue weighted by Gasteiger charge is 2.26. The molecule has 1 atom stereocenters. The summed E-state index contributed by atoms with van der Waals surface area (Å²) in [4.78, 5) is 0. The molecule has 0 saturated carbocycles. The van der Waals surface area contributed by atoms with Gasteiger partial charge >= 0.3 is 0 Å². The minimum Gasteiger partial charge on any atom is -0.0731 e. The Kier molecular flexibility index (Phi) is 5.07. The molecule has 0 N–H and O–H groups in total. The lowest BCUT2D eigenvalue weighted by atomic mass is 9.73. The van der Waals surface area contributed by atoms with Crippen LogP contribution in [0.2, 0.25) is 0 Å². The van der Waals surface area contributed by atoms with Crippen LogP contribution in [0.4, 0.5) is 0 Å². The van der Waals surface area contributed by atoms with E-state index in [0.29, 0.717) is 5.92 Å². The topological polar surface area (TPSA) is 0 Å². The largest absolute Gasteiger partial charge is 0.0731 e. The Bertz CT molecular complexity index is 919. The maximum atomic E-state index is 2.30. The Morgan fingerprint density at radius 1 is 0.630 bits per heavy atom. The molecule has 1 aliphatic rings. The van der Waals surface area contributed by atoms with Crippen LogP contribution in [0, 0.1) is 0 Å². The van der Waals surface area contributed by atoms with Gasteiger partial charge in [-0.05, 0) is 54.5 Å². The first-order chi connectivity index (χ1) is 13.2. The van der Waals surface area contributed by atoms with Crippen LogP contribution in [-0.4, -0.2) is 0 Å². The van der Waals surface area contributed by atoms with Crippen molar-refractivity contribution < 1.29 is 0 Å². The van der Waals surface area contributed by atoms with Crippen LogP contribution in [0.3, 0.4) is 0 Å². The molecule has 0 aliphatic heterocycles. The summed E-state index contributed by atoms with van der Waals surface area (Å²) in [6.45, 7) is 4.59. The Morgan fingerprint density at radius 3 is 1.63 bits per heavy atom. The summed E-state index contributed by atoms with van der Waals surface area (Å²) in [7, 11) is 0. The predicted octanol–water partition coefficient (Wildman–Crippen LogP) is 7.40. The maximum Gasteiger partial charge on any atom is 0.00979 e. The van der Waals surface area contributed by atoms with Crippen molar-refractivity contribution >= 4 is 5.57 Å². The zero-order valence-electron chi connectivity index (χ0n) is 16.2. The van der Waals surface area contributed by atoms with Crippen LogP contribution >= 0.6 is 0 Å². The third kappa shape index (κ3) is 3.66. The van der Waals surface area contributed by atoms with Crippen molar-refractivity contribution in [2.75, 3.05) is 0 Å². The van der Waals surface area contributed by atoms with Gasteiger partial charge in [-0.2, -0.15) is 0 Å². The predicted molar refractivity (Wildman–Crippen MR) is 116 cm³/mol. The standard InChI is InChI=1S/C27H26/c1-20-18-25(22-12-6-3-7-13-22)26(19-21(20)2)27(23-14-8-4-9-15-23)24-16-10-5-11-17-24/h3-17,25H,18-19H2,1-2H3. The fourth-order valence-electron chi connectivity index (χ4n) is 4.18. The molecule has 3 aromatic rings. The monoisotopic (exact) mass is 350 g/mol. The second kappa shape index (κ2) is 7.80. The van der Waals surface area contributed by atoms with Gasteiger partial charge < -0.3 is 0 Å². The average molecular weight is 351 g/mol. The van der Waals surface area contributed by atoms with Gasteiger partial charge in [-0.3, -0.25) is 0 Å². The highest BCUT2D eigenvalue weighted by molar-refractivity contribution is 5.83. The van der Waals surface area contributed by atoms with Gasteiger partial charge in [0.2, 0.25) is 0 Å². The normalized spacial score (nSPS) is 17.1. The average Bonchev–Trinajstić information content (AvgIpc) is 2.73. The SMILES string of the molecule is CC1=C(C)CC(c2ccccc2)C(=C(c2ccccc2)c2ccccc2)C1. The van der Waals surface area contributed by atoms with E-state index in [1.807, 2.05) is 0 Å². The van der Waals surface area contributed by atoms with Crippen LogP contribution < -0.4 is 0 Å². The molecule has 0 bridgehead atoms. The summed E-state index contributed by atoms with van der Waals surface area (Å²) in [6.07, 6.45) is 2.15. The van der Waals surface area contributed by atoms with E-state index >= 15 is 0 Å². The van der Waals surface area contributed by atoms with Crippen molar-refractivity contribution in [1.82, 2.24) is 0 Å². The highest BCUT2D eigenvalue weighted by Crippen LogP contribution is 2.45. The molecule has 0 spiro atoms. The second-order valence-corrected chi connectivity index (χ2v) is 7.54. The second-order valence-electron chi connectivity index (χ2n) is 7.54. The fraction of sp³-hybridized carbons (Fsp3) is 0.185. The van der Waals surface area contributed by atoms with E-state index in [2.05, 4.69) is 105 Å². The van der Waals surface area contributed by atoms with E-state index in [9.17, 15) is 0 Å². The number of hydrogen-bond acceptors (Lipinski definition) is 0. The zero-order chi connectivity index (χ0) is 18.6. The zero-order valence-corrected chi connectivity index (χ0v) is 16.2. The lowest BCUT2D eigenvalue weighted by Crippen LogP contribution is -2.13. The van der Waals surface area contributed by atoms with Gasteiger partial charge in [0.15, 0.2) is 0 Å². The van der Waals surface area contributed by atoms with Gasteiger partial charge in [-0.1, -0.05) is 102 Å². The van der Waals surface area contributed by atoms with Crippen LogP contribution in [0.5, 0.6) is 0 Å². The van der Waals surface area contributed by atoms with Crippen LogP contribution in [-0.2, 0) is 0 Å². The first kappa shape index (κ1) is 17.5. The minimum absolute atomic E-state index is 0.435. The lowest BCUT2D eigenvalue weighted by molar-refractivity contribution is 0.708. The third-order valence-corrected chi connectivity index (χ3v) is 5.76. The molecule has 1 aliphatic carbocycles. The van der Waals surface area contributed by atoms with Crippen LogP contribution in [0.25, 0.3) is 5.57 Å².